The summed E-state index contributed by atoms with van der Waals surface area (Å²) in [6.07, 6.45) is 1.90. The Hall–Kier alpha value is -3.57. The molecule has 0 spiro atoms. The first-order valence-corrected chi connectivity index (χ1v) is 12.2. The van der Waals surface area contributed by atoms with Crippen LogP contribution in [0.2, 0.25) is 0 Å². The minimum Gasteiger partial charge on any atom is -0.382 e. The first-order chi connectivity index (χ1) is 17.6. The van der Waals surface area contributed by atoms with Gasteiger partial charge >= 0.3 is 0 Å². The predicted molar refractivity (Wildman–Crippen MR) is 132 cm³/mol. The van der Waals surface area contributed by atoms with E-state index in [0.29, 0.717) is 13.0 Å². The van der Waals surface area contributed by atoms with E-state index in [2.05, 4.69) is 21.1 Å². The molecule has 37 heavy (non-hydrogen) atoms. The molecule has 0 radical (unpaired) electrons. The highest BCUT2D eigenvalue weighted by molar-refractivity contribution is 5.99. The van der Waals surface area contributed by atoms with E-state index in [1.165, 1.54) is 19.4 Å². The molecular weight excluding hydrogens is 480 g/mol. The van der Waals surface area contributed by atoms with Crippen molar-refractivity contribution in [2.75, 3.05) is 20.3 Å². The van der Waals surface area contributed by atoms with Crippen LogP contribution in [-0.4, -0.2) is 72.7 Å². The molecule has 2 heterocycles. The molecule has 11 heteroatoms. The Morgan fingerprint density at radius 1 is 1.00 bits per heavy atom. The van der Waals surface area contributed by atoms with Gasteiger partial charge in [-0.2, -0.15) is 0 Å². The Morgan fingerprint density at radius 2 is 1.65 bits per heavy atom. The van der Waals surface area contributed by atoms with Crippen molar-refractivity contribution in [3.63, 3.8) is 0 Å². The monoisotopic (exact) mass is 514 g/mol. The van der Waals surface area contributed by atoms with Crippen molar-refractivity contribution in [2.24, 2.45) is 5.92 Å². The highest BCUT2D eigenvalue weighted by atomic mass is 16.6. The van der Waals surface area contributed by atoms with Gasteiger partial charge in [-0.3, -0.25) is 19.2 Å². The second-order valence-electron chi connectivity index (χ2n) is 9.68. The van der Waals surface area contributed by atoms with Crippen LogP contribution in [0.25, 0.3) is 0 Å². The second kappa shape index (κ2) is 12.6. The number of methoxy groups -OCH3 is 1. The maximum atomic E-state index is 13.5. The zero-order valence-corrected chi connectivity index (χ0v) is 21.5. The summed E-state index contributed by atoms with van der Waals surface area (Å²) < 4.78 is 15.3. The van der Waals surface area contributed by atoms with Crippen LogP contribution in [0.15, 0.2) is 47.1 Å². The van der Waals surface area contributed by atoms with Crippen molar-refractivity contribution in [3.8, 4) is 0 Å². The average molecular weight is 515 g/mol. The summed E-state index contributed by atoms with van der Waals surface area (Å²) in [6.45, 7) is 5.78. The van der Waals surface area contributed by atoms with E-state index < -0.39 is 41.4 Å². The van der Waals surface area contributed by atoms with Crippen molar-refractivity contribution in [1.82, 2.24) is 21.1 Å². The minimum atomic E-state index is -1.11. The van der Waals surface area contributed by atoms with E-state index in [1.54, 1.807) is 6.92 Å². The molecule has 0 aliphatic carbocycles. The number of benzene rings is 1. The minimum absolute atomic E-state index is 0.0710. The lowest BCUT2D eigenvalue weighted by Crippen LogP contribution is -2.58. The van der Waals surface area contributed by atoms with Crippen LogP contribution in [0.4, 0.5) is 0 Å². The lowest BCUT2D eigenvalue weighted by Gasteiger charge is -2.26. The molecular formula is C26H34N4O7. The first-order valence-electron chi connectivity index (χ1n) is 12.2. The molecule has 4 atom stereocenters. The van der Waals surface area contributed by atoms with Crippen LogP contribution in [0, 0.1) is 5.92 Å². The molecule has 1 saturated heterocycles. The lowest BCUT2D eigenvalue weighted by molar-refractivity contribution is -0.133. The second-order valence-corrected chi connectivity index (χ2v) is 9.68. The number of rotatable bonds is 14. The topological polar surface area (TPSA) is 152 Å². The van der Waals surface area contributed by atoms with Gasteiger partial charge in [0.1, 0.15) is 17.7 Å². The van der Waals surface area contributed by atoms with Gasteiger partial charge in [-0.25, -0.2) is 0 Å². The molecule has 200 valence electrons. The van der Waals surface area contributed by atoms with Gasteiger partial charge in [0.2, 0.25) is 17.6 Å². The average Bonchev–Trinajstić information content (AvgIpc) is 3.38. The molecule has 1 aliphatic heterocycles. The highest BCUT2D eigenvalue weighted by Crippen LogP contribution is 2.29. The normalized spacial score (nSPS) is 18.9. The SMILES string of the molecule is COCC(NC(=O)c1ccno1)C(=O)NC(Cc1ccccc1)C(=O)NC(CC(C)C)C(=O)[C@@]1(C)CO1. The Morgan fingerprint density at radius 3 is 2.22 bits per heavy atom. The van der Waals surface area contributed by atoms with Gasteiger partial charge < -0.3 is 29.9 Å². The number of aromatic nitrogens is 1. The molecule has 1 aliphatic rings. The Bertz CT molecular complexity index is 1070. The molecule has 3 unspecified atom stereocenters. The van der Waals surface area contributed by atoms with Crippen LogP contribution >= 0.6 is 0 Å². The van der Waals surface area contributed by atoms with E-state index in [9.17, 15) is 19.2 Å². The summed E-state index contributed by atoms with van der Waals surface area (Å²) >= 11 is 0. The van der Waals surface area contributed by atoms with E-state index in [0.717, 1.165) is 5.56 Å². The van der Waals surface area contributed by atoms with Gasteiger partial charge in [0.05, 0.1) is 25.5 Å². The third kappa shape index (κ3) is 7.96. The number of nitrogens with zero attached hydrogens (tertiary/aromatic N) is 1. The molecule has 2 aromatic rings. The summed E-state index contributed by atoms with van der Waals surface area (Å²) in [7, 11) is 1.39. The number of carbonyl (C=O) groups is 4. The summed E-state index contributed by atoms with van der Waals surface area (Å²) in [5, 5.41) is 11.6. The summed E-state index contributed by atoms with van der Waals surface area (Å²) in [5.41, 5.74) is -0.0966. The molecule has 1 aromatic carbocycles. The maximum Gasteiger partial charge on any atom is 0.290 e. The molecule has 3 N–H and O–H groups in total. The smallest absolute Gasteiger partial charge is 0.290 e. The standard InChI is InChI=1S/C26H34N4O7/c1-16(2)12-18(22(31)26(3)15-36-26)28-23(32)19(13-17-8-6-5-7-9-17)29-24(33)20(14-35-4)30-25(34)21-10-11-27-37-21/h5-11,16,18-20H,12-15H2,1-4H3,(H,28,32)(H,29,33)(H,30,34)/t18?,19?,20?,26-/m1/s1. The van der Waals surface area contributed by atoms with E-state index in [1.807, 2.05) is 44.2 Å². The molecule has 3 amide bonds. The number of amides is 3. The number of Topliss-reactive ketones (excluding diaryl/α,β-unsaturated/α-hetero) is 1. The zero-order valence-electron chi connectivity index (χ0n) is 21.5. The fourth-order valence-corrected chi connectivity index (χ4v) is 3.84. The Balaban J connectivity index is 1.77. The molecule has 1 aromatic heterocycles. The summed E-state index contributed by atoms with van der Waals surface area (Å²) in [4.78, 5) is 52.1. The number of ether oxygens (including phenoxy) is 2. The lowest BCUT2D eigenvalue weighted by atomic mass is 9.93. The first kappa shape index (κ1) is 28.0. The summed E-state index contributed by atoms with van der Waals surface area (Å²) in [5.74, 6) is -1.93. The number of hydrogen-bond acceptors (Lipinski definition) is 8. The van der Waals surface area contributed by atoms with Gasteiger partial charge in [0.15, 0.2) is 5.78 Å². The van der Waals surface area contributed by atoms with Crippen LogP contribution in [-0.2, 0) is 30.3 Å². The number of hydrogen-bond donors (Lipinski definition) is 3. The highest BCUT2D eigenvalue weighted by Gasteiger charge is 2.50. The van der Waals surface area contributed by atoms with Crippen molar-refractivity contribution in [3.05, 3.63) is 53.9 Å². The van der Waals surface area contributed by atoms with Crippen molar-refractivity contribution in [2.45, 2.75) is 57.3 Å². The molecule has 0 bridgehead atoms. The number of epoxide rings is 1. The zero-order chi connectivity index (χ0) is 27.0. The third-order valence-electron chi connectivity index (χ3n) is 5.97. The van der Waals surface area contributed by atoms with E-state index in [-0.39, 0.29) is 30.5 Å². The van der Waals surface area contributed by atoms with Gasteiger partial charge in [-0.15, -0.1) is 0 Å². The maximum absolute atomic E-state index is 13.5. The van der Waals surface area contributed by atoms with Crippen LogP contribution in [0.1, 0.15) is 43.3 Å². The van der Waals surface area contributed by atoms with Crippen LogP contribution < -0.4 is 16.0 Å². The Labute approximate surface area is 215 Å². The van der Waals surface area contributed by atoms with Gasteiger partial charge in [0.25, 0.3) is 5.91 Å². The van der Waals surface area contributed by atoms with E-state index >= 15 is 0 Å². The fraction of sp³-hybridized carbons (Fsp3) is 0.500. The van der Waals surface area contributed by atoms with Crippen molar-refractivity contribution in [1.29, 1.82) is 0 Å². The third-order valence-corrected chi connectivity index (χ3v) is 5.97. The molecule has 1 fully saturated rings. The van der Waals surface area contributed by atoms with E-state index in [4.69, 9.17) is 14.0 Å². The number of ketones is 1. The quantitative estimate of drug-likeness (QED) is 0.316. The van der Waals surface area contributed by atoms with Gasteiger partial charge in [-0.1, -0.05) is 49.3 Å². The van der Waals surface area contributed by atoms with Gasteiger partial charge in [-0.05, 0) is 24.8 Å². The van der Waals surface area contributed by atoms with Crippen molar-refractivity contribution < 1.29 is 33.2 Å². The summed E-state index contributed by atoms with van der Waals surface area (Å²) in [6, 6.07) is 7.63. The Kier molecular flexibility index (Phi) is 9.54. The van der Waals surface area contributed by atoms with Crippen molar-refractivity contribution >= 4 is 23.5 Å². The molecule has 3 rings (SSSR count). The fourth-order valence-electron chi connectivity index (χ4n) is 3.84. The molecule has 0 saturated carbocycles. The number of carbonyl (C=O) groups excluding carboxylic acids is 4. The number of nitrogens with one attached hydrogen (secondary N) is 3. The van der Waals surface area contributed by atoms with Crippen LogP contribution in [0.5, 0.6) is 0 Å². The molecule has 11 nitrogen and oxygen atoms in total. The van der Waals surface area contributed by atoms with Gasteiger partial charge in [0, 0.05) is 19.6 Å². The largest absolute Gasteiger partial charge is 0.382 e. The predicted octanol–water partition coefficient (Wildman–Crippen LogP) is 1.04. The van der Waals surface area contributed by atoms with Crippen LogP contribution in [0.3, 0.4) is 0 Å².